The standard InChI is InChI=1S/C12H15N3OS/c1-7-4-3-5-9-10(7)14-12(17-9)15-11(16)8(2)6-13/h3-5,8H,6,13H2,1-2H3,(H,14,15,16). The molecule has 0 saturated carbocycles. The molecule has 0 spiro atoms. The van der Waals surface area contributed by atoms with Crippen LogP contribution in [0.3, 0.4) is 0 Å². The summed E-state index contributed by atoms with van der Waals surface area (Å²) >= 11 is 1.48. The molecule has 0 fully saturated rings. The molecule has 2 aromatic rings. The largest absolute Gasteiger partial charge is 0.330 e. The fraction of sp³-hybridized carbons (Fsp3) is 0.333. The second-order valence-corrected chi connectivity index (χ2v) is 5.10. The normalized spacial score (nSPS) is 12.6. The van der Waals surface area contributed by atoms with Gasteiger partial charge in [0.05, 0.1) is 10.2 Å². The summed E-state index contributed by atoms with van der Waals surface area (Å²) in [7, 11) is 0. The van der Waals surface area contributed by atoms with Gasteiger partial charge in [0.1, 0.15) is 0 Å². The smallest absolute Gasteiger partial charge is 0.230 e. The van der Waals surface area contributed by atoms with Crippen LogP contribution in [0, 0.1) is 12.8 Å². The Kier molecular flexibility index (Phi) is 3.40. The van der Waals surface area contributed by atoms with Gasteiger partial charge in [-0.3, -0.25) is 4.79 Å². The number of benzene rings is 1. The molecule has 1 aromatic heterocycles. The fourth-order valence-corrected chi connectivity index (χ4v) is 2.42. The number of aryl methyl sites for hydroxylation is 1. The maximum absolute atomic E-state index is 11.7. The average Bonchev–Trinajstić information content (AvgIpc) is 2.72. The van der Waals surface area contributed by atoms with Crippen LogP contribution in [0.15, 0.2) is 18.2 Å². The van der Waals surface area contributed by atoms with Crippen molar-refractivity contribution >= 4 is 32.6 Å². The molecule has 0 saturated heterocycles. The van der Waals surface area contributed by atoms with E-state index in [9.17, 15) is 4.79 Å². The number of nitrogens with one attached hydrogen (secondary N) is 1. The predicted molar refractivity (Wildman–Crippen MR) is 71.2 cm³/mol. The van der Waals surface area contributed by atoms with Gasteiger partial charge in [-0.25, -0.2) is 4.98 Å². The summed E-state index contributed by atoms with van der Waals surface area (Å²) in [5.41, 5.74) is 7.52. The Hall–Kier alpha value is -1.46. The number of aromatic nitrogens is 1. The molecule has 4 nitrogen and oxygen atoms in total. The number of carbonyl (C=O) groups is 1. The number of rotatable bonds is 3. The topological polar surface area (TPSA) is 68.0 Å². The highest BCUT2D eigenvalue weighted by Gasteiger charge is 2.13. The molecule has 0 radical (unpaired) electrons. The molecule has 90 valence electrons. The molecule has 1 aromatic carbocycles. The molecule has 3 N–H and O–H groups in total. The van der Waals surface area contributed by atoms with E-state index in [1.54, 1.807) is 6.92 Å². The summed E-state index contributed by atoms with van der Waals surface area (Å²) in [6, 6.07) is 6.00. The Bertz CT molecular complexity index is 550. The summed E-state index contributed by atoms with van der Waals surface area (Å²) in [4.78, 5) is 16.1. The van der Waals surface area contributed by atoms with E-state index < -0.39 is 0 Å². The number of para-hydroxylation sites is 1. The number of amides is 1. The SMILES string of the molecule is Cc1cccc2sc(NC(=O)C(C)CN)nc12. The lowest BCUT2D eigenvalue weighted by Gasteiger charge is -2.06. The highest BCUT2D eigenvalue weighted by Crippen LogP contribution is 2.27. The van der Waals surface area contributed by atoms with Crippen LogP contribution in [0.1, 0.15) is 12.5 Å². The molecule has 1 heterocycles. The first kappa shape index (κ1) is 12.0. The van der Waals surface area contributed by atoms with Gasteiger partial charge in [0.2, 0.25) is 5.91 Å². The second kappa shape index (κ2) is 4.81. The highest BCUT2D eigenvalue weighted by atomic mass is 32.1. The third-order valence-electron chi connectivity index (χ3n) is 2.65. The van der Waals surface area contributed by atoms with Gasteiger partial charge < -0.3 is 11.1 Å². The van der Waals surface area contributed by atoms with E-state index in [1.807, 2.05) is 25.1 Å². The van der Waals surface area contributed by atoms with Crippen molar-refractivity contribution in [3.63, 3.8) is 0 Å². The van der Waals surface area contributed by atoms with Crippen LogP contribution in [0.4, 0.5) is 5.13 Å². The van der Waals surface area contributed by atoms with Crippen LogP contribution in [-0.2, 0) is 4.79 Å². The minimum Gasteiger partial charge on any atom is -0.330 e. The van der Waals surface area contributed by atoms with Crippen LogP contribution in [-0.4, -0.2) is 17.4 Å². The predicted octanol–water partition coefficient (Wildman–Crippen LogP) is 2.14. The van der Waals surface area contributed by atoms with E-state index in [0.29, 0.717) is 11.7 Å². The number of fused-ring (bicyclic) bond motifs is 1. The molecule has 1 atom stereocenters. The molecule has 1 unspecified atom stereocenters. The number of carbonyl (C=O) groups excluding carboxylic acids is 1. The van der Waals surface area contributed by atoms with Gasteiger partial charge in [0, 0.05) is 12.5 Å². The Labute approximate surface area is 104 Å². The van der Waals surface area contributed by atoms with Crippen molar-refractivity contribution in [1.82, 2.24) is 4.98 Å². The molecule has 0 aliphatic carbocycles. The Morgan fingerprint density at radius 3 is 3.00 bits per heavy atom. The number of thiazole rings is 1. The van der Waals surface area contributed by atoms with Crippen LogP contribution in [0.2, 0.25) is 0 Å². The van der Waals surface area contributed by atoms with Gasteiger partial charge in [0.15, 0.2) is 5.13 Å². The number of hydrogen-bond donors (Lipinski definition) is 2. The van der Waals surface area contributed by atoms with Crippen molar-refractivity contribution in [1.29, 1.82) is 0 Å². The average molecular weight is 249 g/mol. The zero-order valence-electron chi connectivity index (χ0n) is 9.86. The minimum atomic E-state index is -0.192. The maximum atomic E-state index is 11.7. The summed E-state index contributed by atoms with van der Waals surface area (Å²) in [6.45, 7) is 4.15. The summed E-state index contributed by atoms with van der Waals surface area (Å²) in [5, 5.41) is 3.44. The van der Waals surface area contributed by atoms with Crippen LogP contribution in [0.25, 0.3) is 10.2 Å². The summed E-state index contributed by atoms with van der Waals surface area (Å²) in [6.07, 6.45) is 0. The van der Waals surface area contributed by atoms with Crippen LogP contribution < -0.4 is 11.1 Å². The Morgan fingerprint density at radius 1 is 1.59 bits per heavy atom. The molecular weight excluding hydrogens is 234 g/mol. The zero-order chi connectivity index (χ0) is 12.4. The van der Waals surface area contributed by atoms with Crippen molar-refractivity contribution in [2.75, 3.05) is 11.9 Å². The van der Waals surface area contributed by atoms with Crippen molar-refractivity contribution in [2.24, 2.45) is 11.7 Å². The van der Waals surface area contributed by atoms with Crippen LogP contribution in [0.5, 0.6) is 0 Å². The van der Waals surface area contributed by atoms with Gasteiger partial charge in [0.25, 0.3) is 0 Å². The minimum absolute atomic E-state index is 0.0794. The van der Waals surface area contributed by atoms with E-state index in [2.05, 4.69) is 10.3 Å². The summed E-state index contributed by atoms with van der Waals surface area (Å²) in [5.74, 6) is -0.271. The molecular formula is C12H15N3OS. The molecule has 5 heteroatoms. The molecule has 0 aliphatic heterocycles. The van der Waals surface area contributed by atoms with E-state index in [1.165, 1.54) is 11.3 Å². The fourth-order valence-electron chi connectivity index (χ4n) is 1.48. The van der Waals surface area contributed by atoms with Gasteiger partial charge >= 0.3 is 0 Å². The molecule has 1 amide bonds. The maximum Gasteiger partial charge on any atom is 0.230 e. The molecule has 17 heavy (non-hydrogen) atoms. The van der Waals surface area contributed by atoms with Crippen LogP contribution >= 0.6 is 11.3 Å². The summed E-state index contributed by atoms with van der Waals surface area (Å²) < 4.78 is 1.08. The van der Waals surface area contributed by atoms with Crippen molar-refractivity contribution < 1.29 is 4.79 Å². The van der Waals surface area contributed by atoms with Gasteiger partial charge in [-0.15, -0.1) is 0 Å². The quantitative estimate of drug-likeness (QED) is 0.875. The number of nitrogens with two attached hydrogens (primary N) is 1. The first-order chi connectivity index (χ1) is 8.11. The van der Waals surface area contributed by atoms with Crippen molar-refractivity contribution in [3.8, 4) is 0 Å². The van der Waals surface area contributed by atoms with E-state index in [-0.39, 0.29) is 11.8 Å². The second-order valence-electron chi connectivity index (χ2n) is 4.07. The third kappa shape index (κ3) is 2.45. The van der Waals surface area contributed by atoms with Crippen molar-refractivity contribution in [2.45, 2.75) is 13.8 Å². The molecule has 0 aliphatic rings. The third-order valence-corrected chi connectivity index (χ3v) is 3.59. The van der Waals surface area contributed by atoms with Gasteiger partial charge in [-0.05, 0) is 18.6 Å². The van der Waals surface area contributed by atoms with Gasteiger partial charge in [-0.2, -0.15) is 0 Å². The number of anilines is 1. The number of hydrogen-bond acceptors (Lipinski definition) is 4. The lowest BCUT2D eigenvalue weighted by molar-refractivity contribution is -0.119. The monoisotopic (exact) mass is 249 g/mol. The zero-order valence-corrected chi connectivity index (χ0v) is 10.7. The Morgan fingerprint density at radius 2 is 2.35 bits per heavy atom. The van der Waals surface area contributed by atoms with E-state index >= 15 is 0 Å². The van der Waals surface area contributed by atoms with E-state index in [4.69, 9.17) is 5.73 Å². The molecule has 2 rings (SSSR count). The Balaban J connectivity index is 2.26. The highest BCUT2D eigenvalue weighted by molar-refractivity contribution is 7.22. The number of nitrogens with zero attached hydrogens (tertiary/aromatic N) is 1. The van der Waals surface area contributed by atoms with Gasteiger partial charge in [-0.1, -0.05) is 30.4 Å². The lowest BCUT2D eigenvalue weighted by atomic mass is 10.2. The molecule has 0 bridgehead atoms. The first-order valence-corrected chi connectivity index (χ1v) is 6.30. The first-order valence-electron chi connectivity index (χ1n) is 5.49. The van der Waals surface area contributed by atoms with Crippen molar-refractivity contribution in [3.05, 3.63) is 23.8 Å². The lowest BCUT2D eigenvalue weighted by Crippen LogP contribution is -2.26. The van der Waals surface area contributed by atoms with E-state index in [0.717, 1.165) is 15.8 Å².